The zero-order valence-electron chi connectivity index (χ0n) is 9.81. The first-order valence-electron chi connectivity index (χ1n) is 5.54. The predicted octanol–water partition coefficient (Wildman–Crippen LogP) is 1.27. The number of halogens is 1. The SMILES string of the molecule is CCc1nc2ccccc2c(=O)n1NC(=O)CCl. The summed E-state index contributed by atoms with van der Waals surface area (Å²) < 4.78 is 1.16. The molecule has 0 unspecified atom stereocenters. The summed E-state index contributed by atoms with van der Waals surface area (Å²) >= 11 is 5.42. The standard InChI is InChI=1S/C12H12ClN3O2/c1-2-10-14-9-6-4-3-5-8(9)12(18)16(10)15-11(17)7-13/h3-6H,2,7H2,1H3,(H,15,17). The van der Waals surface area contributed by atoms with E-state index in [1.807, 2.05) is 13.0 Å². The topological polar surface area (TPSA) is 64.0 Å². The molecule has 0 aliphatic heterocycles. The van der Waals surface area contributed by atoms with Gasteiger partial charge in [0.05, 0.1) is 10.9 Å². The normalized spacial score (nSPS) is 10.6. The summed E-state index contributed by atoms with van der Waals surface area (Å²) in [4.78, 5) is 27.9. The molecule has 0 radical (unpaired) electrons. The lowest BCUT2D eigenvalue weighted by Crippen LogP contribution is -2.36. The maximum Gasteiger partial charge on any atom is 0.280 e. The number of aryl methyl sites for hydroxylation is 1. The first-order valence-corrected chi connectivity index (χ1v) is 6.07. The maximum atomic E-state index is 12.2. The molecular weight excluding hydrogens is 254 g/mol. The zero-order chi connectivity index (χ0) is 13.1. The summed E-state index contributed by atoms with van der Waals surface area (Å²) in [6.07, 6.45) is 0.530. The average molecular weight is 266 g/mol. The largest absolute Gasteiger partial charge is 0.280 e. The molecule has 94 valence electrons. The number of carbonyl (C=O) groups excluding carboxylic acids is 1. The minimum absolute atomic E-state index is 0.206. The molecule has 1 amide bonds. The van der Waals surface area contributed by atoms with Crippen LogP contribution < -0.4 is 11.0 Å². The van der Waals surface area contributed by atoms with E-state index < -0.39 is 5.91 Å². The van der Waals surface area contributed by atoms with E-state index in [1.165, 1.54) is 0 Å². The molecule has 0 saturated heterocycles. The number of nitrogens with zero attached hydrogens (tertiary/aromatic N) is 2. The highest BCUT2D eigenvalue weighted by atomic mass is 35.5. The Morgan fingerprint density at radius 3 is 2.83 bits per heavy atom. The molecule has 18 heavy (non-hydrogen) atoms. The van der Waals surface area contributed by atoms with Gasteiger partial charge in [0, 0.05) is 6.42 Å². The quantitative estimate of drug-likeness (QED) is 0.850. The predicted molar refractivity (Wildman–Crippen MR) is 70.5 cm³/mol. The van der Waals surface area contributed by atoms with Crippen molar-refractivity contribution < 1.29 is 4.79 Å². The van der Waals surface area contributed by atoms with Crippen molar-refractivity contribution in [1.29, 1.82) is 0 Å². The number of alkyl halides is 1. The van der Waals surface area contributed by atoms with Crippen LogP contribution in [0.15, 0.2) is 29.1 Å². The Balaban J connectivity index is 2.66. The van der Waals surface area contributed by atoms with Crippen molar-refractivity contribution in [3.05, 3.63) is 40.4 Å². The van der Waals surface area contributed by atoms with Gasteiger partial charge in [-0.3, -0.25) is 15.0 Å². The van der Waals surface area contributed by atoms with Crippen LogP contribution in [0.25, 0.3) is 10.9 Å². The van der Waals surface area contributed by atoms with E-state index in [0.29, 0.717) is 23.1 Å². The molecule has 5 nitrogen and oxygen atoms in total. The molecule has 0 aliphatic carbocycles. The summed E-state index contributed by atoms with van der Waals surface area (Å²) in [6, 6.07) is 7.01. The number of rotatable bonds is 3. The van der Waals surface area contributed by atoms with Crippen molar-refractivity contribution in [3.8, 4) is 0 Å². The highest BCUT2D eigenvalue weighted by Gasteiger charge is 2.11. The van der Waals surface area contributed by atoms with E-state index in [4.69, 9.17) is 11.6 Å². The Morgan fingerprint density at radius 1 is 1.44 bits per heavy atom. The van der Waals surface area contributed by atoms with Gasteiger partial charge in [0.1, 0.15) is 11.7 Å². The lowest BCUT2D eigenvalue weighted by Gasteiger charge is -2.12. The highest BCUT2D eigenvalue weighted by molar-refractivity contribution is 6.28. The Hall–Kier alpha value is -1.88. The van der Waals surface area contributed by atoms with Crippen molar-refractivity contribution in [1.82, 2.24) is 9.66 Å². The van der Waals surface area contributed by atoms with E-state index in [9.17, 15) is 9.59 Å². The summed E-state index contributed by atoms with van der Waals surface area (Å²) in [5, 5.41) is 0.463. The van der Waals surface area contributed by atoms with Gasteiger partial charge in [-0.1, -0.05) is 19.1 Å². The molecule has 1 N–H and O–H groups in total. The lowest BCUT2D eigenvalue weighted by molar-refractivity contribution is -0.114. The number of fused-ring (bicyclic) bond motifs is 1. The van der Waals surface area contributed by atoms with E-state index >= 15 is 0 Å². The van der Waals surface area contributed by atoms with Crippen LogP contribution in [0.5, 0.6) is 0 Å². The smallest absolute Gasteiger partial charge is 0.272 e. The lowest BCUT2D eigenvalue weighted by atomic mass is 10.2. The van der Waals surface area contributed by atoms with Gasteiger partial charge in [-0.2, -0.15) is 0 Å². The molecule has 6 heteroatoms. The molecule has 0 aliphatic rings. The summed E-state index contributed by atoms with van der Waals surface area (Å²) in [5.74, 6) is -0.148. The Morgan fingerprint density at radius 2 is 2.17 bits per heavy atom. The monoisotopic (exact) mass is 265 g/mol. The number of aromatic nitrogens is 2. The van der Waals surface area contributed by atoms with Crippen molar-refractivity contribution in [2.75, 3.05) is 11.3 Å². The summed E-state index contributed by atoms with van der Waals surface area (Å²) in [6.45, 7) is 1.86. The highest BCUT2D eigenvalue weighted by Crippen LogP contribution is 2.07. The van der Waals surface area contributed by atoms with Gasteiger partial charge < -0.3 is 0 Å². The van der Waals surface area contributed by atoms with E-state index in [-0.39, 0.29) is 11.4 Å². The van der Waals surface area contributed by atoms with Crippen LogP contribution in [-0.4, -0.2) is 21.4 Å². The van der Waals surface area contributed by atoms with Gasteiger partial charge in [0.2, 0.25) is 0 Å². The fourth-order valence-corrected chi connectivity index (χ4v) is 1.75. The first kappa shape index (κ1) is 12.6. The molecule has 2 rings (SSSR count). The van der Waals surface area contributed by atoms with E-state index in [0.717, 1.165) is 4.68 Å². The van der Waals surface area contributed by atoms with Gasteiger partial charge in [-0.25, -0.2) is 9.66 Å². The molecule has 1 aromatic carbocycles. The fraction of sp³-hybridized carbons (Fsp3) is 0.250. The number of nitrogens with one attached hydrogen (secondary N) is 1. The molecule has 0 fully saturated rings. The van der Waals surface area contributed by atoms with Crippen LogP contribution in [0.3, 0.4) is 0 Å². The number of para-hydroxylation sites is 1. The van der Waals surface area contributed by atoms with Crippen LogP contribution in [0, 0.1) is 0 Å². The number of carbonyl (C=O) groups is 1. The van der Waals surface area contributed by atoms with Crippen LogP contribution in [0.2, 0.25) is 0 Å². The number of hydrogen-bond donors (Lipinski definition) is 1. The molecule has 2 aromatic rings. The fourth-order valence-electron chi connectivity index (χ4n) is 1.69. The third-order valence-corrected chi connectivity index (χ3v) is 2.76. The van der Waals surface area contributed by atoms with Crippen LogP contribution in [0.4, 0.5) is 0 Å². The second-order valence-electron chi connectivity index (χ2n) is 3.71. The van der Waals surface area contributed by atoms with Crippen molar-refractivity contribution in [2.24, 2.45) is 0 Å². The summed E-state index contributed by atoms with van der Waals surface area (Å²) in [7, 11) is 0. The van der Waals surface area contributed by atoms with Gasteiger partial charge >= 0.3 is 0 Å². The average Bonchev–Trinajstić information content (AvgIpc) is 2.41. The third kappa shape index (κ3) is 2.22. The van der Waals surface area contributed by atoms with Gasteiger partial charge in [0.25, 0.3) is 11.5 Å². The Bertz CT molecular complexity index is 651. The number of benzene rings is 1. The first-order chi connectivity index (χ1) is 8.67. The molecular formula is C12H12ClN3O2. The third-order valence-electron chi connectivity index (χ3n) is 2.52. The molecule has 1 aromatic heterocycles. The number of amides is 1. The minimum atomic E-state index is -0.439. The van der Waals surface area contributed by atoms with Gasteiger partial charge in [-0.15, -0.1) is 11.6 Å². The second-order valence-corrected chi connectivity index (χ2v) is 3.98. The maximum absolute atomic E-state index is 12.2. The van der Waals surface area contributed by atoms with Crippen molar-refractivity contribution in [3.63, 3.8) is 0 Å². The summed E-state index contributed by atoms with van der Waals surface area (Å²) in [5.41, 5.74) is 2.77. The molecule has 0 bridgehead atoms. The van der Waals surface area contributed by atoms with Gasteiger partial charge in [0.15, 0.2) is 0 Å². The number of hydrogen-bond acceptors (Lipinski definition) is 3. The Labute approximate surface area is 108 Å². The minimum Gasteiger partial charge on any atom is -0.272 e. The van der Waals surface area contributed by atoms with Crippen molar-refractivity contribution >= 4 is 28.4 Å². The van der Waals surface area contributed by atoms with Crippen LogP contribution in [0.1, 0.15) is 12.7 Å². The van der Waals surface area contributed by atoms with E-state index in [1.54, 1.807) is 18.2 Å². The van der Waals surface area contributed by atoms with Crippen LogP contribution >= 0.6 is 11.6 Å². The van der Waals surface area contributed by atoms with Crippen LogP contribution in [-0.2, 0) is 11.2 Å². The zero-order valence-corrected chi connectivity index (χ0v) is 10.6. The molecule has 0 saturated carbocycles. The van der Waals surface area contributed by atoms with Crippen molar-refractivity contribution in [2.45, 2.75) is 13.3 Å². The molecule has 1 heterocycles. The Kier molecular flexibility index (Phi) is 3.62. The molecule has 0 spiro atoms. The van der Waals surface area contributed by atoms with E-state index in [2.05, 4.69) is 10.4 Å². The second kappa shape index (κ2) is 5.18. The van der Waals surface area contributed by atoms with Gasteiger partial charge in [-0.05, 0) is 12.1 Å². The molecule has 0 atom stereocenters.